The summed E-state index contributed by atoms with van der Waals surface area (Å²) in [4.78, 5) is 11.5. The molecular formula is C11H12F2N2O. The van der Waals surface area contributed by atoms with Gasteiger partial charge in [0.15, 0.2) is 0 Å². The lowest BCUT2D eigenvalue weighted by molar-refractivity contribution is 0.0937. The summed E-state index contributed by atoms with van der Waals surface area (Å²) in [5, 5.41) is 5.64. The highest BCUT2D eigenvalue weighted by atomic mass is 19.1. The van der Waals surface area contributed by atoms with Gasteiger partial charge in [-0.15, -0.1) is 0 Å². The second-order valence-corrected chi connectivity index (χ2v) is 3.86. The largest absolute Gasteiger partial charge is 0.352 e. The fourth-order valence-corrected chi connectivity index (χ4v) is 1.50. The normalized spacial score (nSPS) is 15.6. The van der Waals surface area contributed by atoms with E-state index >= 15 is 0 Å². The average Bonchev–Trinajstić information content (AvgIpc) is 2.19. The molecule has 86 valence electrons. The molecule has 0 aliphatic carbocycles. The van der Waals surface area contributed by atoms with E-state index in [-0.39, 0.29) is 5.56 Å². The molecule has 1 aromatic carbocycles. The van der Waals surface area contributed by atoms with E-state index in [2.05, 4.69) is 10.6 Å². The Kier molecular flexibility index (Phi) is 3.14. The number of hydrogen-bond donors (Lipinski definition) is 2. The predicted octanol–water partition coefficient (Wildman–Crippen LogP) is 0.914. The Morgan fingerprint density at radius 3 is 2.81 bits per heavy atom. The monoisotopic (exact) mass is 226 g/mol. The van der Waals surface area contributed by atoms with Crippen LogP contribution in [0, 0.1) is 17.6 Å². The summed E-state index contributed by atoms with van der Waals surface area (Å²) in [6.07, 6.45) is 0. The van der Waals surface area contributed by atoms with E-state index in [9.17, 15) is 13.6 Å². The quantitative estimate of drug-likeness (QED) is 0.804. The van der Waals surface area contributed by atoms with Crippen LogP contribution in [0.1, 0.15) is 10.4 Å². The number of carbonyl (C=O) groups is 1. The Balaban J connectivity index is 1.99. The van der Waals surface area contributed by atoms with Crippen molar-refractivity contribution in [2.45, 2.75) is 0 Å². The SMILES string of the molecule is O=C(NCC1CNC1)c1cc(F)ccc1F. The third-order valence-electron chi connectivity index (χ3n) is 2.59. The van der Waals surface area contributed by atoms with E-state index in [1.54, 1.807) is 0 Å². The van der Waals surface area contributed by atoms with Gasteiger partial charge in [-0.3, -0.25) is 4.79 Å². The van der Waals surface area contributed by atoms with Crippen molar-refractivity contribution in [3.05, 3.63) is 35.4 Å². The molecule has 3 nitrogen and oxygen atoms in total. The molecule has 2 rings (SSSR count). The molecule has 2 N–H and O–H groups in total. The van der Waals surface area contributed by atoms with E-state index in [0.717, 1.165) is 31.3 Å². The first-order chi connectivity index (χ1) is 7.66. The van der Waals surface area contributed by atoms with Crippen LogP contribution in [0.25, 0.3) is 0 Å². The van der Waals surface area contributed by atoms with Crippen molar-refractivity contribution in [1.82, 2.24) is 10.6 Å². The van der Waals surface area contributed by atoms with Gasteiger partial charge in [-0.2, -0.15) is 0 Å². The minimum atomic E-state index is -0.703. The van der Waals surface area contributed by atoms with Crippen molar-refractivity contribution in [2.75, 3.05) is 19.6 Å². The smallest absolute Gasteiger partial charge is 0.254 e. The topological polar surface area (TPSA) is 41.1 Å². The van der Waals surface area contributed by atoms with Gasteiger partial charge >= 0.3 is 0 Å². The maximum atomic E-state index is 13.2. The van der Waals surface area contributed by atoms with Crippen LogP contribution in [0.5, 0.6) is 0 Å². The summed E-state index contributed by atoms with van der Waals surface area (Å²) in [6.45, 7) is 2.19. The summed E-state index contributed by atoms with van der Waals surface area (Å²) in [5.74, 6) is -1.49. The molecule has 1 aliphatic rings. The van der Waals surface area contributed by atoms with Crippen LogP contribution in [0.4, 0.5) is 8.78 Å². The predicted molar refractivity (Wildman–Crippen MR) is 55.1 cm³/mol. The average molecular weight is 226 g/mol. The summed E-state index contributed by atoms with van der Waals surface area (Å²) >= 11 is 0. The molecule has 0 atom stereocenters. The lowest BCUT2D eigenvalue weighted by Crippen LogP contribution is -2.48. The first-order valence-electron chi connectivity index (χ1n) is 5.11. The second kappa shape index (κ2) is 4.57. The molecule has 1 heterocycles. The number of benzene rings is 1. The van der Waals surface area contributed by atoms with Crippen LogP contribution in [-0.2, 0) is 0 Å². The van der Waals surface area contributed by atoms with Gasteiger partial charge in [0.05, 0.1) is 5.56 Å². The molecule has 0 spiro atoms. The van der Waals surface area contributed by atoms with E-state index < -0.39 is 17.5 Å². The van der Waals surface area contributed by atoms with E-state index in [1.807, 2.05) is 0 Å². The summed E-state index contributed by atoms with van der Waals surface area (Å²) in [5.41, 5.74) is -0.243. The summed E-state index contributed by atoms with van der Waals surface area (Å²) < 4.78 is 26.0. The van der Waals surface area contributed by atoms with Gasteiger partial charge in [-0.1, -0.05) is 0 Å². The van der Waals surface area contributed by atoms with Crippen LogP contribution in [0.3, 0.4) is 0 Å². The van der Waals surface area contributed by atoms with Gasteiger partial charge in [-0.05, 0) is 18.2 Å². The molecular weight excluding hydrogens is 214 g/mol. The van der Waals surface area contributed by atoms with Crippen LogP contribution in [0.2, 0.25) is 0 Å². The lowest BCUT2D eigenvalue weighted by Gasteiger charge is -2.27. The van der Waals surface area contributed by atoms with Gasteiger partial charge in [0.2, 0.25) is 0 Å². The van der Waals surface area contributed by atoms with Crippen LogP contribution >= 0.6 is 0 Å². The molecule has 1 amide bonds. The van der Waals surface area contributed by atoms with Crippen molar-refractivity contribution in [3.63, 3.8) is 0 Å². The Labute approximate surface area is 91.8 Å². The molecule has 1 saturated heterocycles. The molecule has 1 fully saturated rings. The zero-order chi connectivity index (χ0) is 11.5. The molecule has 1 aromatic rings. The maximum Gasteiger partial charge on any atom is 0.254 e. The zero-order valence-corrected chi connectivity index (χ0v) is 8.59. The molecule has 0 aromatic heterocycles. The highest BCUT2D eigenvalue weighted by Crippen LogP contribution is 2.10. The fraction of sp³-hybridized carbons (Fsp3) is 0.364. The van der Waals surface area contributed by atoms with Gasteiger partial charge in [-0.25, -0.2) is 8.78 Å². The summed E-state index contributed by atoms with van der Waals surface area (Å²) in [6, 6.07) is 2.85. The van der Waals surface area contributed by atoms with Gasteiger partial charge in [0.25, 0.3) is 5.91 Å². The van der Waals surface area contributed by atoms with Gasteiger partial charge in [0.1, 0.15) is 11.6 Å². The van der Waals surface area contributed by atoms with E-state index in [1.165, 1.54) is 0 Å². The fourth-order valence-electron chi connectivity index (χ4n) is 1.50. The highest BCUT2D eigenvalue weighted by Gasteiger charge is 2.19. The molecule has 0 radical (unpaired) electrons. The Hall–Kier alpha value is -1.49. The Morgan fingerprint density at radius 2 is 2.19 bits per heavy atom. The van der Waals surface area contributed by atoms with Crippen molar-refractivity contribution >= 4 is 5.91 Å². The van der Waals surface area contributed by atoms with Crippen LogP contribution < -0.4 is 10.6 Å². The number of rotatable bonds is 3. The van der Waals surface area contributed by atoms with E-state index in [0.29, 0.717) is 12.5 Å². The zero-order valence-electron chi connectivity index (χ0n) is 8.59. The molecule has 5 heteroatoms. The minimum Gasteiger partial charge on any atom is -0.352 e. The third kappa shape index (κ3) is 2.36. The number of hydrogen-bond acceptors (Lipinski definition) is 2. The van der Waals surface area contributed by atoms with Gasteiger partial charge < -0.3 is 10.6 Å². The van der Waals surface area contributed by atoms with Gasteiger partial charge in [0, 0.05) is 25.6 Å². The second-order valence-electron chi connectivity index (χ2n) is 3.86. The Bertz CT molecular complexity index is 405. The molecule has 1 aliphatic heterocycles. The van der Waals surface area contributed by atoms with Crippen LogP contribution in [-0.4, -0.2) is 25.5 Å². The third-order valence-corrected chi connectivity index (χ3v) is 2.59. The first kappa shape index (κ1) is 11.0. The number of carbonyl (C=O) groups excluding carboxylic acids is 1. The van der Waals surface area contributed by atoms with Crippen molar-refractivity contribution < 1.29 is 13.6 Å². The number of amides is 1. The minimum absolute atomic E-state index is 0.243. The molecule has 0 bridgehead atoms. The lowest BCUT2D eigenvalue weighted by atomic mass is 10.0. The standard InChI is InChI=1S/C11H12F2N2O/c12-8-1-2-10(13)9(3-8)11(16)15-6-7-4-14-5-7/h1-3,7,14H,4-6H2,(H,15,16). The summed E-state index contributed by atoms with van der Waals surface area (Å²) in [7, 11) is 0. The maximum absolute atomic E-state index is 13.2. The number of nitrogens with one attached hydrogen (secondary N) is 2. The first-order valence-corrected chi connectivity index (χ1v) is 5.11. The number of halogens is 2. The highest BCUT2D eigenvalue weighted by molar-refractivity contribution is 5.94. The van der Waals surface area contributed by atoms with Crippen molar-refractivity contribution in [3.8, 4) is 0 Å². The van der Waals surface area contributed by atoms with E-state index in [4.69, 9.17) is 0 Å². The van der Waals surface area contributed by atoms with Crippen LogP contribution in [0.15, 0.2) is 18.2 Å². The molecule has 0 saturated carbocycles. The molecule has 16 heavy (non-hydrogen) atoms. The molecule has 0 unspecified atom stereocenters. The van der Waals surface area contributed by atoms with Crippen molar-refractivity contribution in [1.29, 1.82) is 0 Å². The van der Waals surface area contributed by atoms with Crippen molar-refractivity contribution in [2.24, 2.45) is 5.92 Å². The Morgan fingerprint density at radius 1 is 1.44 bits per heavy atom.